The molecule has 0 saturated heterocycles. The summed E-state index contributed by atoms with van der Waals surface area (Å²) in [6.45, 7) is 2.71. The van der Waals surface area contributed by atoms with Crippen LogP contribution in [0.2, 0.25) is 0 Å². The predicted octanol–water partition coefficient (Wildman–Crippen LogP) is 2.39. The number of benzene rings is 1. The van der Waals surface area contributed by atoms with Gasteiger partial charge < -0.3 is 20.1 Å². The SMILES string of the molecule is COCCNC(=O)CSc1ccccc1C(=O)OCC(=O)N[C@@H]1CCCC[C@@H]1C. The first kappa shape index (κ1) is 23.2. The van der Waals surface area contributed by atoms with Gasteiger partial charge in [0, 0.05) is 24.6 Å². The Hall–Kier alpha value is -2.06. The van der Waals surface area contributed by atoms with Crippen molar-refractivity contribution in [2.75, 3.05) is 32.6 Å². The summed E-state index contributed by atoms with van der Waals surface area (Å²) in [5.41, 5.74) is 0.348. The number of esters is 1. The largest absolute Gasteiger partial charge is 0.452 e. The molecule has 8 heteroatoms. The van der Waals surface area contributed by atoms with E-state index in [0.717, 1.165) is 19.3 Å². The summed E-state index contributed by atoms with van der Waals surface area (Å²) in [7, 11) is 1.57. The molecule has 1 aliphatic rings. The Morgan fingerprint density at radius 2 is 1.90 bits per heavy atom. The van der Waals surface area contributed by atoms with Gasteiger partial charge in [0.1, 0.15) is 0 Å². The highest BCUT2D eigenvalue weighted by Gasteiger charge is 2.23. The van der Waals surface area contributed by atoms with Crippen LogP contribution in [0.5, 0.6) is 0 Å². The Balaban J connectivity index is 1.82. The third kappa shape index (κ3) is 8.06. The molecule has 0 aliphatic heterocycles. The Kier molecular flexibility index (Phi) is 10.0. The number of methoxy groups -OCH3 is 1. The number of hydrogen-bond acceptors (Lipinski definition) is 6. The van der Waals surface area contributed by atoms with Crippen molar-refractivity contribution in [2.45, 2.75) is 43.5 Å². The van der Waals surface area contributed by atoms with Gasteiger partial charge in [-0.3, -0.25) is 9.59 Å². The van der Waals surface area contributed by atoms with Crippen LogP contribution in [-0.2, 0) is 19.1 Å². The number of amides is 2. The van der Waals surface area contributed by atoms with Gasteiger partial charge >= 0.3 is 5.97 Å². The van der Waals surface area contributed by atoms with E-state index in [9.17, 15) is 14.4 Å². The highest BCUT2D eigenvalue weighted by molar-refractivity contribution is 8.00. The second-order valence-electron chi connectivity index (χ2n) is 7.14. The minimum absolute atomic E-state index is 0.142. The van der Waals surface area contributed by atoms with Gasteiger partial charge in [0.05, 0.1) is 17.9 Å². The molecule has 1 aliphatic carbocycles. The van der Waals surface area contributed by atoms with Crippen molar-refractivity contribution in [2.24, 2.45) is 5.92 Å². The monoisotopic (exact) mass is 422 g/mol. The van der Waals surface area contributed by atoms with Crippen molar-refractivity contribution < 1.29 is 23.9 Å². The summed E-state index contributed by atoms with van der Waals surface area (Å²) in [4.78, 5) is 37.1. The highest BCUT2D eigenvalue weighted by atomic mass is 32.2. The molecule has 1 fully saturated rings. The van der Waals surface area contributed by atoms with Gasteiger partial charge in [-0.2, -0.15) is 0 Å². The average Bonchev–Trinajstić information content (AvgIpc) is 2.72. The standard InChI is InChI=1S/C21H30N2O5S/c1-15-7-3-5-9-17(15)23-19(24)13-28-21(26)16-8-4-6-10-18(16)29-14-20(25)22-11-12-27-2/h4,6,8,10,15,17H,3,5,7,9,11-14H2,1-2H3,(H,22,25)(H,23,24)/t15-,17+/m0/s1. The molecule has 2 N–H and O–H groups in total. The number of nitrogens with one attached hydrogen (secondary N) is 2. The van der Waals surface area contributed by atoms with Crippen LogP contribution in [0.3, 0.4) is 0 Å². The van der Waals surface area contributed by atoms with Gasteiger partial charge in [0.15, 0.2) is 6.61 Å². The molecule has 1 saturated carbocycles. The first-order valence-corrected chi connectivity index (χ1v) is 10.9. The Bertz CT molecular complexity index is 697. The third-order valence-corrected chi connectivity index (χ3v) is 5.96. The predicted molar refractivity (Wildman–Crippen MR) is 112 cm³/mol. The molecule has 0 radical (unpaired) electrons. The Morgan fingerprint density at radius 1 is 1.14 bits per heavy atom. The van der Waals surface area contributed by atoms with E-state index in [0.29, 0.717) is 29.5 Å². The molecule has 160 valence electrons. The van der Waals surface area contributed by atoms with Gasteiger partial charge in [-0.1, -0.05) is 31.9 Å². The summed E-state index contributed by atoms with van der Waals surface area (Å²) in [6, 6.07) is 7.05. The van der Waals surface area contributed by atoms with Gasteiger partial charge in [-0.25, -0.2) is 4.79 Å². The smallest absolute Gasteiger partial charge is 0.339 e. The number of carbonyl (C=O) groups excluding carboxylic acids is 3. The second kappa shape index (κ2) is 12.5. The van der Waals surface area contributed by atoms with E-state index in [2.05, 4.69) is 17.6 Å². The van der Waals surface area contributed by atoms with Crippen molar-refractivity contribution in [3.8, 4) is 0 Å². The van der Waals surface area contributed by atoms with Crippen LogP contribution in [-0.4, -0.2) is 56.4 Å². The zero-order valence-electron chi connectivity index (χ0n) is 17.1. The van der Waals surface area contributed by atoms with Crippen molar-refractivity contribution in [3.05, 3.63) is 29.8 Å². The zero-order valence-corrected chi connectivity index (χ0v) is 17.9. The van der Waals surface area contributed by atoms with Crippen LogP contribution < -0.4 is 10.6 Å². The van der Waals surface area contributed by atoms with Crippen molar-refractivity contribution in [3.63, 3.8) is 0 Å². The van der Waals surface area contributed by atoms with Crippen LogP contribution in [0.4, 0.5) is 0 Å². The fourth-order valence-corrected chi connectivity index (χ4v) is 4.11. The van der Waals surface area contributed by atoms with Crippen LogP contribution >= 0.6 is 11.8 Å². The van der Waals surface area contributed by atoms with Gasteiger partial charge in [-0.05, 0) is 30.9 Å². The quantitative estimate of drug-likeness (QED) is 0.342. The van der Waals surface area contributed by atoms with E-state index in [1.807, 2.05) is 0 Å². The number of hydrogen-bond donors (Lipinski definition) is 2. The van der Waals surface area contributed by atoms with Gasteiger partial charge in [-0.15, -0.1) is 11.8 Å². The Morgan fingerprint density at radius 3 is 2.66 bits per heavy atom. The van der Waals surface area contributed by atoms with E-state index < -0.39 is 5.97 Å². The van der Waals surface area contributed by atoms with Crippen molar-refractivity contribution in [1.82, 2.24) is 10.6 Å². The maximum atomic E-state index is 12.4. The molecule has 1 aromatic carbocycles. The Labute approximate surface area is 176 Å². The lowest BCUT2D eigenvalue weighted by Gasteiger charge is -2.29. The van der Waals surface area contributed by atoms with Gasteiger partial charge in [0.25, 0.3) is 5.91 Å². The van der Waals surface area contributed by atoms with Crippen molar-refractivity contribution >= 4 is 29.5 Å². The summed E-state index contributed by atoms with van der Waals surface area (Å²) in [5, 5.41) is 5.70. The molecular formula is C21H30N2O5S. The maximum absolute atomic E-state index is 12.4. The minimum Gasteiger partial charge on any atom is -0.452 e. The molecule has 2 rings (SSSR count). The number of ether oxygens (including phenoxy) is 2. The number of carbonyl (C=O) groups is 3. The van der Waals surface area contributed by atoms with Gasteiger partial charge in [0.2, 0.25) is 5.91 Å². The first-order valence-electron chi connectivity index (χ1n) is 9.95. The molecular weight excluding hydrogens is 392 g/mol. The summed E-state index contributed by atoms with van der Waals surface area (Å²) >= 11 is 1.25. The van der Waals surface area contributed by atoms with Crippen molar-refractivity contribution in [1.29, 1.82) is 0 Å². The molecule has 0 heterocycles. The lowest BCUT2D eigenvalue weighted by Crippen LogP contribution is -2.42. The molecule has 0 unspecified atom stereocenters. The van der Waals surface area contributed by atoms with E-state index in [4.69, 9.17) is 9.47 Å². The lowest BCUT2D eigenvalue weighted by atomic mass is 9.86. The van der Waals surface area contributed by atoms with E-state index >= 15 is 0 Å². The molecule has 0 aromatic heterocycles. The normalized spacial score (nSPS) is 18.7. The minimum atomic E-state index is -0.570. The zero-order chi connectivity index (χ0) is 21.1. The third-order valence-electron chi connectivity index (χ3n) is 4.89. The van der Waals surface area contributed by atoms with Crippen LogP contribution in [0.25, 0.3) is 0 Å². The number of thioether (sulfide) groups is 1. The maximum Gasteiger partial charge on any atom is 0.339 e. The number of rotatable bonds is 10. The molecule has 2 amide bonds. The van der Waals surface area contributed by atoms with E-state index in [-0.39, 0.29) is 30.2 Å². The summed E-state index contributed by atoms with van der Waals surface area (Å²) in [6.07, 6.45) is 4.38. The molecule has 1 aromatic rings. The lowest BCUT2D eigenvalue weighted by molar-refractivity contribution is -0.125. The van der Waals surface area contributed by atoms with E-state index in [1.165, 1.54) is 18.2 Å². The fraction of sp³-hybridized carbons (Fsp3) is 0.571. The summed E-state index contributed by atoms with van der Waals surface area (Å²) in [5.74, 6) is -0.375. The first-order chi connectivity index (χ1) is 14.0. The average molecular weight is 423 g/mol. The molecule has 7 nitrogen and oxygen atoms in total. The second-order valence-corrected chi connectivity index (χ2v) is 8.16. The fourth-order valence-electron chi connectivity index (χ4n) is 3.24. The molecule has 2 atom stereocenters. The molecule has 0 bridgehead atoms. The van der Waals surface area contributed by atoms with Crippen LogP contribution in [0.15, 0.2) is 29.2 Å². The highest BCUT2D eigenvalue weighted by Crippen LogP contribution is 2.24. The molecule has 0 spiro atoms. The summed E-state index contributed by atoms with van der Waals surface area (Å²) < 4.78 is 10.1. The van der Waals surface area contributed by atoms with E-state index in [1.54, 1.807) is 31.4 Å². The van der Waals surface area contributed by atoms with Crippen LogP contribution in [0.1, 0.15) is 43.0 Å². The molecule has 29 heavy (non-hydrogen) atoms. The topological polar surface area (TPSA) is 93.7 Å². The van der Waals surface area contributed by atoms with Crippen LogP contribution in [0, 0.1) is 5.92 Å².